The van der Waals surface area contributed by atoms with Crippen molar-refractivity contribution in [3.63, 3.8) is 0 Å². The summed E-state index contributed by atoms with van der Waals surface area (Å²) >= 11 is 1.28. The van der Waals surface area contributed by atoms with E-state index in [-0.39, 0.29) is 19.4 Å². The van der Waals surface area contributed by atoms with Gasteiger partial charge in [0.05, 0.1) is 12.2 Å². The molecule has 110 valence electrons. The van der Waals surface area contributed by atoms with E-state index in [0.717, 1.165) is 11.3 Å². The summed E-state index contributed by atoms with van der Waals surface area (Å²) in [5, 5.41) is 13.2. The fraction of sp³-hybridized carbons (Fsp3) is 0.462. The van der Waals surface area contributed by atoms with Crippen LogP contribution in [0.1, 0.15) is 41.9 Å². The number of carbonyl (C=O) groups is 3. The molecule has 6 nitrogen and oxygen atoms in total. The number of hydrogen-bond donors (Lipinski definition) is 1. The Bertz CT molecular complexity index is 509. The summed E-state index contributed by atoms with van der Waals surface area (Å²) in [5.41, 5.74) is 0.301. The summed E-state index contributed by atoms with van der Waals surface area (Å²) in [7, 11) is 0. The molecule has 0 aliphatic heterocycles. The number of carboxylic acid groups (broad SMARTS) is 1. The van der Waals surface area contributed by atoms with Crippen molar-refractivity contribution >= 4 is 34.2 Å². The summed E-state index contributed by atoms with van der Waals surface area (Å²) in [5.74, 6) is -2.26. The molecular weight excluding hydrogens is 282 g/mol. The van der Waals surface area contributed by atoms with Crippen LogP contribution in [-0.2, 0) is 20.7 Å². The van der Waals surface area contributed by atoms with Gasteiger partial charge in [-0.25, -0.2) is 4.79 Å². The average molecular weight is 298 g/mol. The zero-order chi connectivity index (χ0) is 15.1. The maximum atomic E-state index is 11.8. The molecule has 0 saturated carbocycles. The van der Waals surface area contributed by atoms with Gasteiger partial charge in [0.2, 0.25) is 5.91 Å². The molecule has 1 rings (SSSR count). The molecule has 0 aromatic carbocycles. The van der Waals surface area contributed by atoms with E-state index in [4.69, 9.17) is 4.74 Å². The standard InChI is InChI=1S/C13H17NO5S/c1-3-8-7-9(13(18)19-4-2)12(20-8)14-10(15)5-6-11(16)17/h7H,3-6H2,1-2H3,(H,14,15)(H,16,17)/p-1. The first kappa shape index (κ1) is 16.2. The number of aryl methyl sites for hydroxylation is 1. The number of hydrogen-bond acceptors (Lipinski definition) is 6. The SMILES string of the molecule is CCOC(=O)c1cc(CC)sc1NC(=O)CCC(=O)[O-]. The van der Waals surface area contributed by atoms with Crippen LogP contribution in [0.3, 0.4) is 0 Å². The summed E-state index contributed by atoms with van der Waals surface area (Å²) in [6, 6.07) is 1.68. The molecule has 0 aliphatic carbocycles. The third kappa shape index (κ3) is 4.65. The summed E-state index contributed by atoms with van der Waals surface area (Å²) in [6.07, 6.45) is 0.183. The van der Waals surface area contributed by atoms with E-state index in [0.29, 0.717) is 10.6 Å². The minimum absolute atomic E-state index is 0.191. The molecule has 0 aliphatic rings. The number of aliphatic carboxylic acids is 1. The van der Waals surface area contributed by atoms with Crippen molar-refractivity contribution in [3.05, 3.63) is 16.5 Å². The highest BCUT2D eigenvalue weighted by molar-refractivity contribution is 7.16. The Labute approximate surface area is 120 Å². The number of amides is 1. The Morgan fingerprint density at radius 2 is 2.00 bits per heavy atom. The topological polar surface area (TPSA) is 95.5 Å². The van der Waals surface area contributed by atoms with Gasteiger partial charge in [-0.2, -0.15) is 0 Å². The molecule has 0 spiro atoms. The summed E-state index contributed by atoms with van der Waals surface area (Å²) in [6.45, 7) is 3.87. The maximum Gasteiger partial charge on any atom is 0.341 e. The van der Waals surface area contributed by atoms with Gasteiger partial charge in [0.1, 0.15) is 5.00 Å². The van der Waals surface area contributed by atoms with E-state index in [1.54, 1.807) is 13.0 Å². The third-order valence-electron chi connectivity index (χ3n) is 2.44. The van der Waals surface area contributed by atoms with Gasteiger partial charge in [0, 0.05) is 17.3 Å². The zero-order valence-corrected chi connectivity index (χ0v) is 12.2. The molecule has 20 heavy (non-hydrogen) atoms. The number of esters is 1. The van der Waals surface area contributed by atoms with Crippen LogP contribution in [0.25, 0.3) is 0 Å². The predicted octanol–water partition coefficient (Wildman–Crippen LogP) is 0.956. The van der Waals surface area contributed by atoms with Gasteiger partial charge in [-0.1, -0.05) is 6.92 Å². The van der Waals surface area contributed by atoms with Gasteiger partial charge in [-0.15, -0.1) is 11.3 Å². The monoisotopic (exact) mass is 298 g/mol. The number of ether oxygens (including phenoxy) is 1. The smallest absolute Gasteiger partial charge is 0.341 e. The zero-order valence-electron chi connectivity index (χ0n) is 11.4. The van der Waals surface area contributed by atoms with Gasteiger partial charge in [-0.3, -0.25) is 4.79 Å². The van der Waals surface area contributed by atoms with Crippen molar-refractivity contribution in [2.45, 2.75) is 33.1 Å². The number of anilines is 1. The first-order valence-corrected chi connectivity index (χ1v) is 7.09. The molecule has 1 N–H and O–H groups in total. The second-order valence-corrected chi connectivity index (χ2v) is 5.09. The van der Waals surface area contributed by atoms with E-state index in [9.17, 15) is 19.5 Å². The molecular formula is C13H16NO5S-. The average Bonchev–Trinajstić information content (AvgIpc) is 2.80. The van der Waals surface area contributed by atoms with Crippen LogP contribution in [0.4, 0.5) is 5.00 Å². The van der Waals surface area contributed by atoms with Crippen LogP contribution >= 0.6 is 11.3 Å². The lowest BCUT2D eigenvalue weighted by atomic mass is 10.2. The summed E-state index contributed by atoms with van der Waals surface area (Å²) < 4.78 is 4.92. The van der Waals surface area contributed by atoms with E-state index >= 15 is 0 Å². The van der Waals surface area contributed by atoms with Crippen molar-refractivity contribution < 1.29 is 24.2 Å². The van der Waals surface area contributed by atoms with Gasteiger partial charge >= 0.3 is 5.97 Å². The van der Waals surface area contributed by atoms with E-state index in [1.807, 2.05) is 6.92 Å². The first-order chi connectivity index (χ1) is 9.47. The second-order valence-electron chi connectivity index (χ2n) is 3.95. The molecule has 7 heteroatoms. The Balaban J connectivity index is 2.82. The lowest BCUT2D eigenvalue weighted by Gasteiger charge is -2.06. The van der Waals surface area contributed by atoms with E-state index < -0.39 is 17.8 Å². The highest BCUT2D eigenvalue weighted by Gasteiger charge is 2.18. The first-order valence-electron chi connectivity index (χ1n) is 6.27. The Hall–Kier alpha value is -1.89. The number of carboxylic acids is 1. The fourth-order valence-corrected chi connectivity index (χ4v) is 2.47. The fourth-order valence-electron chi connectivity index (χ4n) is 1.47. The Morgan fingerprint density at radius 1 is 1.30 bits per heavy atom. The quantitative estimate of drug-likeness (QED) is 0.756. The molecule has 1 aromatic heterocycles. The van der Waals surface area contributed by atoms with Crippen molar-refractivity contribution in [2.75, 3.05) is 11.9 Å². The van der Waals surface area contributed by atoms with Crippen LogP contribution in [0, 0.1) is 0 Å². The molecule has 0 fully saturated rings. The molecule has 0 saturated heterocycles. The summed E-state index contributed by atoms with van der Waals surface area (Å²) in [4.78, 5) is 34.6. The third-order valence-corrected chi connectivity index (χ3v) is 3.63. The number of rotatable bonds is 7. The minimum atomic E-state index is -1.29. The lowest BCUT2D eigenvalue weighted by molar-refractivity contribution is -0.305. The normalized spacial score (nSPS) is 10.1. The van der Waals surface area contributed by atoms with Gasteiger partial charge < -0.3 is 20.0 Å². The Morgan fingerprint density at radius 3 is 2.55 bits per heavy atom. The van der Waals surface area contributed by atoms with Gasteiger partial charge in [0.25, 0.3) is 0 Å². The number of carbonyl (C=O) groups excluding carboxylic acids is 3. The molecule has 1 aromatic rings. The highest BCUT2D eigenvalue weighted by Crippen LogP contribution is 2.29. The van der Waals surface area contributed by atoms with Crippen LogP contribution in [0.15, 0.2) is 6.07 Å². The number of thiophene rings is 1. The lowest BCUT2D eigenvalue weighted by Crippen LogP contribution is -2.24. The van der Waals surface area contributed by atoms with Crippen molar-refractivity contribution in [1.82, 2.24) is 0 Å². The van der Waals surface area contributed by atoms with Crippen molar-refractivity contribution in [1.29, 1.82) is 0 Å². The largest absolute Gasteiger partial charge is 0.550 e. The molecule has 1 heterocycles. The van der Waals surface area contributed by atoms with Crippen LogP contribution < -0.4 is 10.4 Å². The van der Waals surface area contributed by atoms with Crippen molar-refractivity contribution in [2.24, 2.45) is 0 Å². The van der Waals surface area contributed by atoms with Crippen LogP contribution in [-0.4, -0.2) is 24.5 Å². The predicted molar refractivity (Wildman–Crippen MR) is 72.5 cm³/mol. The van der Waals surface area contributed by atoms with Gasteiger partial charge in [0.15, 0.2) is 0 Å². The molecule has 0 unspecified atom stereocenters. The van der Waals surface area contributed by atoms with Crippen LogP contribution in [0.2, 0.25) is 0 Å². The van der Waals surface area contributed by atoms with Crippen molar-refractivity contribution in [3.8, 4) is 0 Å². The molecule has 0 bridgehead atoms. The van der Waals surface area contributed by atoms with E-state index in [1.165, 1.54) is 11.3 Å². The molecule has 1 amide bonds. The number of nitrogens with one attached hydrogen (secondary N) is 1. The van der Waals surface area contributed by atoms with Gasteiger partial charge in [-0.05, 0) is 25.8 Å². The maximum absolute atomic E-state index is 11.8. The van der Waals surface area contributed by atoms with E-state index in [2.05, 4.69) is 5.32 Å². The molecule has 0 radical (unpaired) electrons. The highest BCUT2D eigenvalue weighted by atomic mass is 32.1. The molecule has 0 atom stereocenters. The minimum Gasteiger partial charge on any atom is -0.550 e. The second kappa shape index (κ2) is 7.64. The Kier molecular flexibility index (Phi) is 6.17. The van der Waals surface area contributed by atoms with Crippen LogP contribution in [0.5, 0.6) is 0 Å².